The summed E-state index contributed by atoms with van der Waals surface area (Å²) in [7, 11) is 0. The molecule has 0 radical (unpaired) electrons. The van der Waals surface area contributed by atoms with Gasteiger partial charge in [0.25, 0.3) is 0 Å². The van der Waals surface area contributed by atoms with Crippen LogP contribution in [0.5, 0.6) is 0 Å². The van der Waals surface area contributed by atoms with Gasteiger partial charge in [-0.1, -0.05) is 12.7 Å². The molecule has 0 aromatic rings. The molecule has 0 aromatic carbocycles. The van der Waals surface area contributed by atoms with E-state index in [-0.39, 0.29) is 12.7 Å². The van der Waals surface area contributed by atoms with E-state index in [0.29, 0.717) is 6.08 Å². The molecule has 68 valence electrons. The largest absolute Gasteiger partial charge is 0.458 e. The minimum Gasteiger partial charge on any atom is -0.458 e. The number of halogens is 3. The van der Waals surface area contributed by atoms with Crippen molar-refractivity contribution in [3.63, 3.8) is 0 Å². The standard InChI is InChI=1S/C7H7F3O2/c1-2-5-12-6(11)3-4-7(8,9)10/h2-4H,1,5H2/b4-3+. The average molecular weight is 180 g/mol. The molecule has 0 unspecified atom stereocenters. The van der Waals surface area contributed by atoms with Crippen molar-refractivity contribution >= 4 is 5.97 Å². The molecule has 0 aliphatic carbocycles. The number of carbonyl (C=O) groups excluding carboxylic acids is 1. The maximum atomic E-state index is 11.4. The van der Waals surface area contributed by atoms with Gasteiger partial charge in [0, 0.05) is 12.2 Å². The van der Waals surface area contributed by atoms with Crippen molar-refractivity contribution in [1.29, 1.82) is 0 Å². The Morgan fingerprint density at radius 2 is 2.08 bits per heavy atom. The molecule has 0 saturated carbocycles. The third kappa shape index (κ3) is 6.85. The van der Waals surface area contributed by atoms with Gasteiger partial charge in [-0.05, 0) is 0 Å². The topological polar surface area (TPSA) is 26.3 Å². The molecule has 2 nitrogen and oxygen atoms in total. The maximum absolute atomic E-state index is 11.4. The first kappa shape index (κ1) is 10.7. The first-order chi connectivity index (χ1) is 5.45. The van der Waals surface area contributed by atoms with Crippen molar-refractivity contribution in [2.24, 2.45) is 0 Å². The molecule has 0 aromatic heterocycles. The molecule has 0 saturated heterocycles. The molecule has 12 heavy (non-hydrogen) atoms. The van der Waals surface area contributed by atoms with Gasteiger partial charge < -0.3 is 4.74 Å². The second-order valence-corrected chi connectivity index (χ2v) is 1.79. The van der Waals surface area contributed by atoms with Gasteiger partial charge in [0.15, 0.2) is 0 Å². The van der Waals surface area contributed by atoms with Gasteiger partial charge in [0.1, 0.15) is 6.61 Å². The molecule has 0 amide bonds. The summed E-state index contributed by atoms with van der Waals surface area (Å²) >= 11 is 0. The van der Waals surface area contributed by atoms with Gasteiger partial charge in [-0.2, -0.15) is 13.2 Å². The van der Waals surface area contributed by atoms with Crippen molar-refractivity contribution in [2.45, 2.75) is 6.18 Å². The molecule has 0 N–H and O–H groups in total. The lowest BCUT2D eigenvalue weighted by Crippen LogP contribution is -2.05. The zero-order chi connectivity index (χ0) is 9.61. The van der Waals surface area contributed by atoms with Crippen LogP contribution in [0.2, 0.25) is 0 Å². The van der Waals surface area contributed by atoms with Gasteiger partial charge in [0.2, 0.25) is 0 Å². The van der Waals surface area contributed by atoms with E-state index in [2.05, 4.69) is 11.3 Å². The van der Waals surface area contributed by atoms with Gasteiger partial charge in [0.05, 0.1) is 0 Å². The SMILES string of the molecule is C=CCOC(=O)/C=C/C(F)(F)F. The predicted octanol–water partition coefficient (Wildman–Crippen LogP) is 1.83. The summed E-state index contributed by atoms with van der Waals surface area (Å²) in [5, 5.41) is 0. The minimum absolute atomic E-state index is 0.0962. The highest BCUT2D eigenvalue weighted by molar-refractivity contribution is 5.82. The molecule has 0 spiro atoms. The highest BCUT2D eigenvalue weighted by Gasteiger charge is 2.22. The Balaban J connectivity index is 3.84. The fraction of sp³-hybridized carbons (Fsp3) is 0.286. The van der Waals surface area contributed by atoms with E-state index in [9.17, 15) is 18.0 Å². The quantitative estimate of drug-likeness (QED) is 0.376. The summed E-state index contributed by atoms with van der Waals surface area (Å²) in [4.78, 5) is 10.4. The average Bonchev–Trinajstić information content (AvgIpc) is 1.95. The molecule has 0 bridgehead atoms. The molecular weight excluding hydrogens is 173 g/mol. The number of carbonyl (C=O) groups is 1. The van der Waals surface area contributed by atoms with E-state index in [0.717, 1.165) is 0 Å². The van der Waals surface area contributed by atoms with Crippen LogP contribution < -0.4 is 0 Å². The summed E-state index contributed by atoms with van der Waals surface area (Å²) in [6.45, 7) is 3.12. The Kier molecular flexibility index (Phi) is 4.10. The van der Waals surface area contributed by atoms with Gasteiger partial charge in [-0.25, -0.2) is 4.79 Å². The fourth-order valence-corrected chi connectivity index (χ4v) is 0.352. The number of rotatable bonds is 3. The van der Waals surface area contributed by atoms with E-state index in [1.165, 1.54) is 6.08 Å². The number of esters is 1. The Bertz CT molecular complexity index is 193. The lowest BCUT2D eigenvalue weighted by atomic mass is 10.5. The highest BCUT2D eigenvalue weighted by Crippen LogP contribution is 2.15. The van der Waals surface area contributed by atoms with Gasteiger partial charge >= 0.3 is 12.1 Å². The first-order valence-corrected chi connectivity index (χ1v) is 2.99. The lowest BCUT2D eigenvalue weighted by Gasteiger charge is -1.97. The lowest BCUT2D eigenvalue weighted by molar-refractivity contribution is -0.137. The third-order valence-corrected chi connectivity index (χ3v) is 0.752. The molecule has 0 heterocycles. The van der Waals surface area contributed by atoms with Crippen LogP contribution in [0, 0.1) is 0 Å². The number of hydrogen-bond acceptors (Lipinski definition) is 2. The van der Waals surface area contributed by atoms with Crippen LogP contribution in [0.15, 0.2) is 24.8 Å². The number of alkyl halides is 3. The third-order valence-electron chi connectivity index (χ3n) is 0.752. The smallest absolute Gasteiger partial charge is 0.410 e. The Morgan fingerprint density at radius 3 is 2.50 bits per heavy atom. The summed E-state index contributed by atoms with van der Waals surface area (Å²) in [5.41, 5.74) is 0. The molecule has 0 aliphatic heterocycles. The number of ether oxygens (including phenoxy) is 1. The van der Waals surface area contributed by atoms with Crippen LogP contribution >= 0.6 is 0 Å². The van der Waals surface area contributed by atoms with E-state index in [1.54, 1.807) is 0 Å². The minimum atomic E-state index is -4.48. The second kappa shape index (κ2) is 4.58. The van der Waals surface area contributed by atoms with Crippen molar-refractivity contribution in [3.05, 3.63) is 24.8 Å². The molecule has 0 rings (SSSR count). The maximum Gasteiger partial charge on any atom is 0.410 e. The summed E-state index contributed by atoms with van der Waals surface area (Å²) in [6.07, 6.45) is -3.07. The summed E-state index contributed by atoms with van der Waals surface area (Å²) in [6, 6.07) is 0. The van der Waals surface area contributed by atoms with Crippen LogP contribution in [-0.2, 0) is 9.53 Å². The van der Waals surface area contributed by atoms with Gasteiger partial charge in [-0.3, -0.25) is 0 Å². The van der Waals surface area contributed by atoms with Gasteiger partial charge in [-0.15, -0.1) is 0 Å². The Hall–Kier alpha value is -1.26. The normalized spacial score (nSPS) is 11.6. The number of allylic oxidation sites excluding steroid dienone is 1. The fourth-order valence-electron chi connectivity index (χ4n) is 0.352. The zero-order valence-electron chi connectivity index (χ0n) is 6.10. The van der Waals surface area contributed by atoms with E-state index in [1.807, 2.05) is 0 Å². The second-order valence-electron chi connectivity index (χ2n) is 1.79. The van der Waals surface area contributed by atoms with Crippen molar-refractivity contribution < 1.29 is 22.7 Å². The van der Waals surface area contributed by atoms with Crippen molar-refractivity contribution in [3.8, 4) is 0 Å². The Labute approximate surface area is 67.3 Å². The molecule has 0 fully saturated rings. The van der Waals surface area contributed by atoms with E-state index < -0.39 is 12.1 Å². The van der Waals surface area contributed by atoms with Crippen LogP contribution in [0.4, 0.5) is 13.2 Å². The van der Waals surface area contributed by atoms with Crippen LogP contribution in [-0.4, -0.2) is 18.8 Å². The molecule has 0 atom stereocenters. The Morgan fingerprint density at radius 1 is 1.50 bits per heavy atom. The van der Waals surface area contributed by atoms with Crippen LogP contribution in [0.25, 0.3) is 0 Å². The monoisotopic (exact) mass is 180 g/mol. The first-order valence-electron chi connectivity index (χ1n) is 2.99. The van der Waals surface area contributed by atoms with Crippen LogP contribution in [0.3, 0.4) is 0 Å². The molecule has 0 aliphatic rings. The van der Waals surface area contributed by atoms with Crippen LogP contribution in [0.1, 0.15) is 0 Å². The van der Waals surface area contributed by atoms with E-state index >= 15 is 0 Å². The molecular formula is C7H7F3O2. The number of hydrogen-bond donors (Lipinski definition) is 0. The van der Waals surface area contributed by atoms with Crippen molar-refractivity contribution in [1.82, 2.24) is 0 Å². The zero-order valence-corrected chi connectivity index (χ0v) is 6.10. The molecule has 5 heteroatoms. The summed E-state index contributed by atoms with van der Waals surface area (Å²) in [5.74, 6) is -1.03. The predicted molar refractivity (Wildman–Crippen MR) is 36.4 cm³/mol. The van der Waals surface area contributed by atoms with Crippen molar-refractivity contribution in [2.75, 3.05) is 6.61 Å². The summed E-state index contributed by atoms with van der Waals surface area (Å²) < 4.78 is 38.5. The van der Waals surface area contributed by atoms with E-state index in [4.69, 9.17) is 0 Å². The highest BCUT2D eigenvalue weighted by atomic mass is 19.4.